The van der Waals surface area contributed by atoms with Crippen LogP contribution >= 0.6 is 0 Å². The summed E-state index contributed by atoms with van der Waals surface area (Å²) in [6.45, 7) is 3.85. The quantitative estimate of drug-likeness (QED) is 0.558. The first kappa shape index (κ1) is 23.3. The molecule has 0 atom stereocenters. The Labute approximate surface area is 163 Å². The standard InChI is InChI=1S/C14H21N5O7S2/c1-6-15-12(9(3)27(21,22)7-2)28(23,24)19-14(20)18-13-16-10(25-4)8-11(17-13)26-5/h6,8H,7H2,1-5H3,(H2,16,17,18,19,20)/b12-9-,15-6?. The summed E-state index contributed by atoms with van der Waals surface area (Å²) in [5.41, 5.74) is 0. The van der Waals surface area contributed by atoms with Crippen LogP contribution in [0.25, 0.3) is 0 Å². The summed E-state index contributed by atoms with van der Waals surface area (Å²) in [6, 6.07) is 0.107. The summed E-state index contributed by atoms with van der Waals surface area (Å²) in [5, 5.41) is 1.31. The van der Waals surface area contributed by atoms with E-state index >= 15 is 0 Å². The van der Waals surface area contributed by atoms with Gasteiger partial charge in [-0.05, 0) is 13.8 Å². The van der Waals surface area contributed by atoms with Crippen LogP contribution in [0.1, 0.15) is 20.8 Å². The average molecular weight is 435 g/mol. The molecular weight excluding hydrogens is 414 g/mol. The van der Waals surface area contributed by atoms with Crippen molar-refractivity contribution < 1.29 is 31.1 Å². The first-order chi connectivity index (χ1) is 13.0. The topological polar surface area (TPSA) is 166 Å². The van der Waals surface area contributed by atoms with Crippen LogP contribution in [-0.2, 0) is 19.9 Å². The van der Waals surface area contributed by atoms with Crippen molar-refractivity contribution in [2.24, 2.45) is 4.99 Å². The molecule has 2 N–H and O–H groups in total. The van der Waals surface area contributed by atoms with E-state index in [1.807, 2.05) is 0 Å². The molecule has 156 valence electrons. The van der Waals surface area contributed by atoms with Gasteiger partial charge in [-0.1, -0.05) is 6.92 Å². The monoisotopic (exact) mass is 435 g/mol. The molecule has 0 unspecified atom stereocenters. The van der Waals surface area contributed by atoms with Gasteiger partial charge in [-0.2, -0.15) is 18.4 Å². The minimum Gasteiger partial charge on any atom is -0.481 e. The molecule has 0 saturated heterocycles. The van der Waals surface area contributed by atoms with E-state index in [1.54, 1.807) is 4.72 Å². The van der Waals surface area contributed by atoms with Gasteiger partial charge in [0.25, 0.3) is 10.0 Å². The summed E-state index contributed by atoms with van der Waals surface area (Å²) in [5.74, 6) is -0.510. The normalized spacial score (nSPS) is 13.0. The highest BCUT2D eigenvalue weighted by Crippen LogP contribution is 2.20. The molecule has 0 bridgehead atoms. The Kier molecular flexibility index (Phi) is 7.87. The number of amides is 2. The average Bonchev–Trinajstić information content (AvgIpc) is 2.64. The van der Waals surface area contributed by atoms with Gasteiger partial charge in [-0.25, -0.2) is 22.9 Å². The van der Waals surface area contributed by atoms with Crippen molar-refractivity contribution >= 4 is 38.1 Å². The van der Waals surface area contributed by atoms with Gasteiger partial charge in [0.1, 0.15) is 0 Å². The Morgan fingerprint density at radius 3 is 2.14 bits per heavy atom. The van der Waals surface area contributed by atoms with Crippen LogP contribution in [0.2, 0.25) is 0 Å². The van der Waals surface area contributed by atoms with E-state index in [-0.39, 0.29) is 23.5 Å². The highest BCUT2D eigenvalue weighted by Gasteiger charge is 2.28. The highest BCUT2D eigenvalue weighted by molar-refractivity contribution is 7.98. The van der Waals surface area contributed by atoms with Gasteiger partial charge in [-0.15, -0.1) is 0 Å². The Balaban J connectivity index is 3.20. The summed E-state index contributed by atoms with van der Waals surface area (Å²) >= 11 is 0. The number of allylic oxidation sites excluding steroid dienone is 1. The molecule has 0 fully saturated rings. The molecule has 0 aliphatic rings. The number of methoxy groups -OCH3 is 2. The number of aliphatic imine (C=N–C) groups is 1. The molecule has 0 radical (unpaired) electrons. The van der Waals surface area contributed by atoms with E-state index in [4.69, 9.17) is 9.47 Å². The number of hydrogen-bond donors (Lipinski definition) is 2. The molecule has 0 aromatic carbocycles. The first-order valence-corrected chi connectivity index (χ1v) is 10.9. The molecule has 0 aliphatic carbocycles. The van der Waals surface area contributed by atoms with Crippen LogP contribution in [0.15, 0.2) is 21.0 Å². The third-order valence-electron chi connectivity index (χ3n) is 3.20. The van der Waals surface area contributed by atoms with Crippen molar-refractivity contribution in [2.45, 2.75) is 20.8 Å². The summed E-state index contributed by atoms with van der Waals surface area (Å²) in [7, 11) is -5.81. The fourth-order valence-corrected chi connectivity index (χ4v) is 4.26. The predicted octanol–water partition coefficient (Wildman–Crippen LogP) is 0.659. The largest absolute Gasteiger partial charge is 0.481 e. The lowest BCUT2D eigenvalue weighted by Gasteiger charge is -2.11. The molecular formula is C14H21N5O7S2. The number of carbonyl (C=O) groups is 1. The molecule has 2 amide bonds. The Morgan fingerprint density at radius 2 is 1.71 bits per heavy atom. The number of urea groups is 1. The third-order valence-corrected chi connectivity index (χ3v) is 6.59. The van der Waals surface area contributed by atoms with Crippen molar-refractivity contribution in [3.63, 3.8) is 0 Å². The number of ether oxygens (including phenoxy) is 2. The number of carbonyl (C=O) groups excluding carboxylic acids is 1. The summed E-state index contributed by atoms with van der Waals surface area (Å²) in [4.78, 5) is 22.8. The molecule has 0 saturated carbocycles. The van der Waals surface area contributed by atoms with Gasteiger partial charge in [0.2, 0.25) is 17.7 Å². The number of hydrogen-bond acceptors (Lipinski definition) is 10. The maximum Gasteiger partial charge on any atom is 0.335 e. The van der Waals surface area contributed by atoms with Crippen molar-refractivity contribution in [1.29, 1.82) is 0 Å². The van der Waals surface area contributed by atoms with E-state index in [0.29, 0.717) is 0 Å². The van der Waals surface area contributed by atoms with E-state index in [1.165, 1.54) is 34.1 Å². The van der Waals surface area contributed by atoms with Crippen LogP contribution < -0.4 is 19.5 Å². The Bertz CT molecular complexity index is 979. The molecule has 1 heterocycles. The van der Waals surface area contributed by atoms with Crippen molar-refractivity contribution in [2.75, 3.05) is 25.3 Å². The van der Waals surface area contributed by atoms with Gasteiger partial charge in [0.05, 0.1) is 30.9 Å². The molecule has 1 aromatic heterocycles. The fraction of sp³-hybridized carbons (Fsp3) is 0.429. The van der Waals surface area contributed by atoms with Crippen molar-refractivity contribution in [3.05, 3.63) is 16.0 Å². The van der Waals surface area contributed by atoms with Crippen LogP contribution in [-0.4, -0.2) is 59.0 Å². The Morgan fingerprint density at radius 1 is 1.18 bits per heavy atom. The van der Waals surface area contributed by atoms with E-state index in [2.05, 4.69) is 20.3 Å². The van der Waals surface area contributed by atoms with Crippen molar-refractivity contribution in [3.8, 4) is 11.8 Å². The number of nitrogens with zero attached hydrogens (tertiary/aromatic N) is 3. The van der Waals surface area contributed by atoms with Crippen LogP contribution in [0.4, 0.5) is 10.7 Å². The second-order valence-corrected chi connectivity index (χ2v) is 9.00. The summed E-state index contributed by atoms with van der Waals surface area (Å²) < 4.78 is 60.5. The second kappa shape index (κ2) is 9.45. The number of nitrogens with one attached hydrogen (secondary N) is 2. The molecule has 14 heteroatoms. The SMILES string of the molecule is CC=N/C(=C(\C)S(=O)(=O)CC)S(=O)(=O)NC(=O)Nc1nc(OC)cc(OC)n1. The van der Waals surface area contributed by atoms with E-state index < -0.39 is 35.8 Å². The predicted molar refractivity (Wildman–Crippen MR) is 103 cm³/mol. The van der Waals surface area contributed by atoms with Gasteiger partial charge < -0.3 is 9.47 Å². The molecule has 12 nitrogen and oxygen atoms in total. The lowest BCUT2D eigenvalue weighted by atomic mass is 10.6. The van der Waals surface area contributed by atoms with Gasteiger partial charge in [0.15, 0.2) is 14.9 Å². The molecule has 1 rings (SSSR count). The van der Waals surface area contributed by atoms with Gasteiger partial charge in [-0.3, -0.25) is 5.32 Å². The minimum atomic E-state index is -4.61. The number of rotatable bonds is 8. The highest BCUT2D eigenvalue weighted by atomic mass is 32.2. The first-order valence-electron chi connectivity index (χ1n) is 7.73. The zero-order valence-electron chi connectivity index (χ0n) is 15.9. The van der Waals surface area contributed by atoms with Crippen molar-refractivity contribution in [1.82, 2.24) is 14.7 Å². The van der Waals surface area contributed by atoms with Gasteiger partial charge in [0, 0.05) is 6.21 Å². The molecule has 0 spiro atoms. The Hall–Kier alpha value is -2.74. The van der Waals surface area contributed by atoms with E-state index in [9.17, 15) is 21.6 Å². The maximum atomic E-state index is 12.5. The lowest BCUT2D eigenvalue weighted by Crippen LogP contribution is -2.36. The summed E-state index contributed by atoms with van der Waals surface area (Å²) in [6.07, 6.45) is 1.09. The number of anilines is 1. The lowest BCUT2D eigenvalue weighted by molar-refractivity contribution is 0.256. The maximum absolute atomic E-state index is 12.5. The third kappa shape index (κ3) is 5.88. The number of aromatic nitrogens is 2. The smallest absolute Gasteiger partial charge is 0.335 e. The zero-order chi connectivity index (χ0) is 21.5. The molecule has 1 aromatic rings. The van der Waals surface area contributed by atoms with Gasteiger partial charge >= 0.3 is 6.03 Å². The van der Waals surface area contributed by atoms with Crippen LogP contribution in [0.5, 0.6) is 11.8 Å². The van der Waals surface area contributed by atoms with Crippen LogP contribution in [0, 0.1) is 0 Å². The molecule has 0 aliphatic heterocycles. The number of sulfonamides is 1. The van der Waals surface area contributed by atoms with Crippen LogP contribution in [0.3, 0.4) is 0 Å². The second-order valence-electron chi connectivity index (χ2n) is 4.99. The molecule has 28 heavy (non-hydrogen) atoms. The minimum absolute atomic E-state index is 0.0612. The number of sulfone groups is 1. The zero-order valence-corrected chi connectivity index (χ0v) is 17.5. The van der Waals surface area contributed by atoms with E-state index in [0.717, 1.165) is 13.1 Å². The fourth-order valence-electron chi connectivity index (χ4n) is 1.78.